The Morgan fingerprint density at radius 3 is 1.30 bits per heavy atom. The number of aliphatic hydroxyl groups excluding tert-OH is 1. The zero-order chi connectivity index (χ0) is 68.7. The second-order valence-corrected chi connectivity index (χ2v) is 28.2. The Balaban J connectivity index is 0.000000118. The topological polar surface area (TPSA) is 223 Å². The van der Waals surface area contributed by atoms with E-state index in [9.17, 15) is 9.50 Å². The van der Waals surface area contributed by atoms with Crippen molar-refractivity contribution >= 4 is 0 Å². The highest BCUT2D eigenvalue weighted by Crippen LogP contribution is 2.43. The number of halogens is 2. The minimum absolute atomic E-state index is 0.00597. The number of piperidine rings is 2. The Morgan fingerprint density at radius 1 is 0.386 bits per heavy atom. The van der Waals surface area contributed by atoms with Gasteiger partial charge in [-0.15, -0.1) is 0 Å². The van der Waals surface area contributed by atoms with Gasteiger partial charge in [0.25, 0.3) is 0 Å². The van der Waals surface area contributed by atoms with Gasteiger partial charge in [-0.25, -0.2) is 38.7 Å². The largest absolute Gasteiger partial charge is 0.395 e. The molecule has 24 heteroatoms. The lowest BCUT2D eigenvalue weighted by Gasteiger charge is -2.39. The van der Waals surface area contributed by atoms with E-state index >= 15 is 4.39 Å². The van der Waals surface area contributed by atoms with Crippen LogP contribution in [0.25, 0.3) is 101 Å². The zero-order valence-electron chi connectivity index (χ0n) is 57.2. The van der Waals surface area contributed by atoms with Crippen LogP contribution < -0.4 is 5.32 Å². The number of rotatable bonds is 14. The van der Waals surface area contributed by atoms with Crippen molar-refractivity contribution in [3.8, 4) is 101 Å². The summed E-state index contributed by atoms with van der Waals surface area (Å²) in [7, 11) is 7.78. The van der Waals surface area contributed by atoms with Gasteiger partial charge in [0, 0.05) is 199 Å². The van der Waals surface area contributed by atoms with Gasteiger partial charge in [-0.05, 0) is 126 Å². The number of hydrogen-bond acceptors (Lipinski definition) is 16. The summed E-state index contributed by atoms with van der Waals surface area (Å²) in [5.41, 5.74) is 14.9. The summed E-state index contributed by atoms with van der Waals surface area (Å²) in [6, 6.07) is 26.1. The molecule has 1 saturated carbocycles. The molecule has 22 nitrogen and oxygen atoms in total. The molecule has 6 fully saturated rings. The summed E-state index contributed by atoms with van der Waals surface area (Å²) in [4.78, 5) is 32.5. The number of aryl methyl sites for hydroxylation is 3. The lowest BCUT2D eigenvalue weighted by molar-refractivity contribution is 0.0402. The highest BCUT2D eigenvalue weighted by molar-refractivity contribution is 5.73. The Kier molecular flexibility index (Phi) is 18.5. The third kappa shape index (κ3) is 13.8. The molecule has 3 unspecified atom stereocenters. The minimum Gasteiger partial charge on any atom is -0.395 e. The summed E-state index contributed by atoms with van der Waals surface area (Å²) >= 11 is 0. The molecule has 2 N–H and O–H groups in total. The van der Waals surface area contributed by atoms with E-state index in [1.807, 2.05) is 156 Å². The Hall–Kier alpha value is -10.1. The first-order chi connectivity index (χ1) is 49.4. The van der Waals surface area contributed by atoms with Gasteiger partial charge >= 0.3 is 0 Å². The van der Waals surface area contributed by atoms with Crippen LogP contribution in [0.15, 0.2) is 184 Å². The van der Waals surface area contributed by atoms with Gasteiger partial charge in [0.05, 0.1) is 61.9 Å². The van der Waals surface area contributed by atoms with E-state index < -0.39 is 12.3 Å². The predicted molar refractivity (Wildman–Crippen MR) is 382 cm³/mol. The molecule has 516 valence electrons. The Bertz CT molecular complexity index is 4790. The van der Waals surface area contributed by atoms with Crippen LogP contribution in [0.2, 0.25) is 0 Å². The van der Waals surface area contributed by atoms with Crippen molar-refractivity contribution in [2.45, 2.75) is 144 Å². The maximum Gasteiger partial charge on any atom is 0.159 e. The SMILES string of the molecule is CN1[C@H]2CC[C@@H]1C(F)[C@@H](n1cc(-c3cnc(-c4cccc(-c5cnn(C)c5)c4)nc3)cn1)C2.Cn1cc(-c2cccc(-c3ncc(-c4cnn(C5CCC[C@@H](N6CCC[C@@H]6CO)C5)c4)cn3)c2)cn1.Cn1cc(-c2cccc(-c3ncc(-c4cnn([C@H]5C[C@@H]6CC[C@@H](N6)C5F)c4)cn3)c2)cn1. The van der Waals surface area contributed by atoms with Crippen molar-refractivity contribution < 1.29 is 13.9 Å². The van der Waals surface area contributed by atoms with E-state index in [1.165, 1.54) is 19.3 Å². The fourth-order valence-electron chi connectivity index (χ4n) is 16.2. The summed E-state index contributed by atoms with van der Waals surface area (Å²) in [6.45, 7) is 1.39. The number of hydrogen-bond donors (Lipinski definition) is 2. The van der Waals surface area contributed by atoms with Crippen molar-refractivity contribution in [2.75, 3.05) is 20.2 Å². The molecule has 5 aliphatic heterocycles. The molecule has 18 rings (SSSR count). The molecule has 0 spiro atoms. The molecule has 0 amide bonds. The summed E-state index contributed by atoms with van der Waals surface area (Å²) in [5, 5.41) is 39.6. The first-order valence-electron chi connectivity index (χ1n) is 35.4. The smallest absolute Gasteiger partial charge is 0.159 e. The van der Waals surface area contributed by atoms with Gasteiger partial charge in [-0.3, -0.25) is 37.9 Å². The van der Waals surface area contributed by atoms with E-state index in [1.54, 1.807) is 43.5 Å². The molecule has 3 aromatic carbocycles. The second kappa shape index (κ2) is 28.5. The number of aliphatic hydroxyl groups is 1. The Labute approximate surface area is 585 Å². The minimum atomic E-state index is -0.910. The number of likely N-dealkylation sites (tertiary alicyclic amines) is 1. The maximum atomic E-state index is 15.2. The van der Waals surface area contributed by atoms with Gasteiger partial charge < -0.3 is 10.4 Å². The molecule has 14 heterocycles. The van der Waals surface area contributed by atoms with Gasteiger partial charge in [-0.1, -0.05) is 54.6 Å². The van der Waals surface area contributed by atoms with Crippen molar-refractivity contribution in [1.82, 2.24) is 104 Å². The fraction of sp³-hybridized carbons (Fsp3) is 0.377. The predicted octanol–water partition coefficient (Wildman–Crippen LogP) is 12.3. The third-order valence-electron chi connectivity index (χ3n) is 21.7. The quantitative estimate of drug-likeness (QED) is 0.103. The number of nitrogens with zero attached hydrogens (tertiary/aromatic N) is 20. The number of fused-ring (bicyclic) bond motifs is 4. The van der Waals surface area contributed by atoms with Crippen molar-refractivity contribution in [3.63, 3.8) is 0 Å². The number of nitrogens with one attached hydrogen (secondary N) is 1. The monoisotopic (exact) mass is 1360 g/mol. The van der Waals surface area contributed by atoms with E-state index in [2.05, 4.69) is 112 Å². The standard InChI is InChI=1S/C28H33N7O.C25H26FN7.C24H24FN7/c1-33-17-23(15-31-33)20-5-2-6-21(11-20)28-29-13-22(14-30-28)24-16-32-35(18-24)26-8-3-7-25(12-26)34-10-4-9-27(34)19-36;1-31-14-19(12-29-31)16-4-3-5-17(8-16)25-27-10-18(11-28-25)20-13-30-33(15-20)23-9-21-6-7-22(24(23)26)32(21)2;1-31-13-18(11-28-31)15-3-2-4-16(7-15)24-26-9-17(10-27-24)19-12-29-32(14-19)22-8-20-5-6-21(30-20)23(22)25/h2,5-6,11,13-18,25-27,36H,3-4,7-10,12,19H2,1H3;3-5,8,10-15,21-24H,6-7,9H2,1-2H3;2-4,7,9-14,20-23,30H,5-6,8H2,1H3/t25-,26?,27-;21-,22+,23-,24?;20-,21+,22-,23?/m100/s1. The van der Waals surface area contributed by atoms with Gasteiger partial charge in [0.2, 0.25) is 0 Å². The summed E-state index contributed by atoms with van der Waals surface area (Å²) < 4.78 is 41.1. The van der Waals surface area contributed by atoms with Crippen LogP contribution in [0.5, 0.6) is 0 Å². The van der Waals surface area contributed by atoms with Gasteiger partial charge in [0.1, 0.15) is 12.3 Å². The van der Waals surface area contributed by atoms with Gasteiger partial charge in [-0.2, -0.15) is 30.6 Å². The van der Waals surface area contributed by atoms with Crippen LogP contribution in [0, 0.1) is 0 Å². The molecule has 6 aliphatic rings. The van der Waals surface area contributed by atoms with Gasteiger partial charge in [0.15, 0.2) is 17.5 Å². The average molecular weight is 1360 g/mol. The van der Waals surface area contributed by atoms with Crippen LogP contribution >= 0.6 is 0 Å². The molecule has 11 atom stereocenters. The molecule has 4 bridgehead atoms. The van der Waals surface area contributed by atoms with Crippen LogP contribution in [-0.2, 0) is 21.1 Å². The highest BCUT2D eigenvalue weighted by Gasteiger charge is 2.47. The highest BCUT2D eigenvalue weighted by atomic mass is 19.1. The van der Waals surface area contributed by atoms with E-state index in [0.717, 1.165) is 148 Å². The summed E-state index contributed by atoms with van der Waals surface area (Å²) in [6.07, 6.45) is 44.8. The van der Waals surface area contributed by atoms with Crippen molar-refractivity contribution in [2.24, 2.45) is 21.1 Å². The number of alkyl halides is 2. The van der Waals surface area contributed by atoms with Crippen LogP contribution in [0.1, 0.15) is 95.2 Å². The lowest BCUT2D eigenvalue weighted by Crippen LogP contribution is -2.48. The molecular formula is C77H83F2N21O. The van der Waals surface area contributed by atoms with Crippen LogP contribution in [-0.4, -0.2) is 172 Å². The average Bonchev–Trinajstić information content (AvgIpc) is 1.65. The van der Waals surface area contributed by atoms with Crippen LogP contribution in [0.3, 0.4) is 0 Å². The molecule has 1 aliphatic carbocycles. The zero-order valence-corrected chi connectivity index (χ0v) is 57.2. The van der Waals surface area contributed by atoms with Crippen LogP contribution in [0.4, 0.5) is 8.78 Å². The maximum absolute atomic E-state index is 15.2. The second-order valence-electron chi connectivity index (χ2n) is 28.2. The van der Waals surface area contributed by atoms with Crippen molar-refractivity contribution in [3.05, 3.63) is 184 Å². The molecule has 0 radical (unpaired) electrons. The first kappa shape index (κ1) is 65.5. The van der Waals surface area contributed by atoms with E-state index in [0.29, 0.717) is 47.7 Å². The molecule has 101 heavy (non-hydrogen) atoms. The molecule has 12 aromatic rings. The molecule has 9 aromatic heterocycles. The molecular weight excluding hydrogens is 1270 g/mol. The van der Waals surface area contributed by atoms with Crippen molar-refractivity contribution in [1.29, 1.82) is 0 Å². The normalized spacial score (nSPS) is 24.1. The Morgan fingerprint density at radius 2 is 0.822 bits per heavy atom. The lowest BCUT2D eigenvalue weighted by atomic mass is 9.89. The fourth-order valence-corrected chi connectivity index (χ4v) is 16.2. The van der Waals surface area contributed by atoms with E-state index in [-0.39, 0.29) is 30.8 Å². The number of benzene rings is 3. The number of aromatic nitrogens is 18. The first-order valence-corrected chi connectivity index (χ1v) is 35.4. The van der Waals surface area contributed by atoms with E-state index in [4.69, 9.17) is 5.10 Å². The summed E-state index contributed by atoms with van der Waals surface area (Å²) in [5.74, 6) is 2.02. The third-order valence-corrected chi connectivity index (χ3v) is 21.7. The molecule has 5 saturated heterocycles.